The Morgan fingerprint density at radius 1 is 1.69 bits per heavy atom. The molecule has 0 radical (unpaired) electrons. The molecular formula is C9H12BrN2O+. The summed E-state index contributed by atoms with van der Waals surface area (Å²) in [5, 5.41) is 3.47. The van der Waals surface area contributed by atoms with E-state index in [4.69, 9.17) is 0 Å². The molecule has 0 unspecified atom stereocenters. The Morgan fingerprint density at radius 2 is 2.46 bits per heavy atom. The van der Waals surface area contributed by atoms with Crippen molar-refractivity contribution in [1.29, 1.82) is 0 Å². The van der Waals surface area contributed by atoms with Crippen molar-refractivity contribution in [1.82, 2.24) is 5.32 Å². The standard InChI is InChI=1S/C9H11BrN2O/c1-11-9(13)8-3-2-5-12(7-8)6-4-10/h2-3,5,7H,4,6H2,1H3/p+1. The highest BCUT2D eigenvalue weighted by Crippen LogP contribution is 1.93. The molecule has 0 aromatic carbocycles. The van der Waals surface area contributed by atoms with E-state index in [2.05, 4.69) is 21.2 Å². The minimum atomic E-state index is -0.0519. The number of pyridine rings is 1. The van der Waals surface area contributed by atoms with Gasteiger partial charge in [-0.1, -0.05) is 15.9 Å². The van der Waals surface area contributed by atoms with Crippen molar-refractivity contribution in [3.05, 3.63) is 30.1 Å². The van der Waals surface area contributed by atoms with E-state index in [1.807, 2.05) is 23.0 Å². The first-order chi connectivity index (χ1) is 6.27. The van der Waals surface area contributed by atoms with Crippen LogP contribution in [0.2, 0.25) is 0 Å². The van der Waals surface area contributed by atoms with Crippen LogP contribution < -0.4 is 9.88 Å². The molecule has 0 atom stereocenters. The Hall–Kier alpha value is -0.900. The van der Waals surface area contributed by atoms with Crippen LogP contribution in [0.15, 0.2) is 24.5 Å². The Balaban J connectivity index is 2.85. The Labute approximate surface area is 85.9 Å². The number of hydrogen-bond acceptors (Lipinski definition) is 1. The maximum Gasteiger partial charge on any atom is 0.257 e. The number of carbonyl (C=O) groups is 1. The highest BCUT2D eigenvalue weighted by atomic mass is 79.9. The lowest BCUT2D eigenvalue weighted by atomic mass is 10.2. The van der Waals surface area contributed by atoms with Crippen molar-refractivity contribution in [2.24, 2.45) is 0 Å². The predicted molar refractivity (Wildman–Crippen MR) is 53.8 cm³/mol. The number of amides is 1. The van der Waals surface area contributed by atoms with Crippen LogP contribution in [0, 0.1) is 0 Å². The van der Waals surface area contributed by atoms with Crippen molar-refractivity contribution in [2.45, 2.75) is 6.54 Å². The summed E-state index contributed by atoms with van der Waals surface area (Å²) in [5.74, 6) is -0.0519. The van der Waals surface area contributed by atoms with E-state index in [0.717, 1.165) is 11.9 Å². The van der Waals surface area contributed by atoms with E-state index in [0.29, 0.717) is 5.56 Å². The molecule has 1 rings (SSSR count). The Morgan fingerprint density at radius 3 is 3.08 bits per heavy atom. The molecule has 1 aromatic rings. The van der Waals surface area contributed by atoms with E-state index in [-0.39, 0.29) is 5.91 Å². The van der Waals surface area contributed by atoms with Crippen LogP contribution in [-0.2, 0) is 6.54 Å². The molecule has 0 aliphatic rings. The number of rotatable bonds is 3. The molecule has 13 heavy (non-hydrogen) atoms. The van der Waals surface area contributed by atoms with Crippen molar-refractivity contribution in [3.8, 4) is 0 Å². The zero-order valence-corrected chi connectivity index (χ0v) is 9.04. The van der Waals surface area contributed by atoms with Crippen molar-refractivity contribution in [3.63, 3.8) is 0 Å². The average Bonchev–Trinajstić information content (AvgIpc) is 2.18. The fourth-order valence-corrected chi connectivity index (χ4v) is 1.45. The molecule has 0 saturated heterocycles. The zero-order valence-electron chi connectivity index (χ0n) is 7.46. The Bertz CT molecular complexity index is 301. The van der Waals surface area contributed by atoms with Crippen molar-refractivity contribution >= 4 is 21.8 Å². The zero-order chi connectivity index (χ0) is 9.68. The third kappa shape index (κ3) is 2.81. The van der Waals surface area contributed by atoms with Crippen LogP contribution in [-0.4, -0.2) is 18.3 Å². The van der Waals surface area contributed by atoms with Gasteiger partial charge in [0.1, 0.15) is 5.56 Å². The van der Waals surface area contributed by atoms with Gasteiger partial charge in [0, 0.05) is 13.1 Å². The van der Waals surface area contributed by atoms with Gasteiger partial charge in [0.25, 0.3) is 5.91 Å². The summed E-state index contributed by atoms with van der Waals surface area (Å²) in [7, 11) is 1.63. The molecule has 1 heterocycles. The quantitative estimate of drug-likeness (QED) is 0.617. The van der Waals surface area contributed by atoms with Gasteiger partial charge in [-0.3, -0.25) is 4.79 Å². The fourth-order valence-electron chi connectivity index (χ4n) is 1.04. The van der Waals surface area contributed by atoms with Crippen LogP contribution >= 0.6 is 15.9 Å². The van der Waals surface area contributed by atoms with Gasteiger partial charge in [-0.25, -0.2) is 4.57 Å². The number of nitrogens with one attached hydrogen (secondary N) is 1. The number of hydrogen-bond donors (Lipinski definition) is 1. The number of aryl methyl sites for hydroxylation is 1. The Kier molecular flexibility index (Phi) is 3.89. The van der Waals surface area contributed by atoms with E-state index in [1.165, 1.54) is 0 Å². The molecule has 1 aromatic heterocycles. The maximum atomic E-state index is 11.2. The second-order valence-electron chi connectivity index (χ2n) is 2.60. The molecule has 0 saturated carbocycles. The second kappa shape index (κ2) is 4.97. The average molecular weight is 244 g/mol. The largest absolute Gasteiger partial charge is 0.355 e. The molecule has 3 nitrogen and oxygen atoms in total. The summed E-state index contributed by atoms with van der Waals surface area (Å²) in [6.07, 6.45) is 3.77. The first-order valence-electron chi connectivity index (χ1n) is 4.05. The molecule has 0 bridgehead atoms. The molecular weight excluding hydrogens is 232 g/mol. The monoisotopic (exact) mass is 243 g/mol. The van der Waals surface area contributed by atoms with E-state index in [9.17, 15) is 4.79 Å². The maximum absolute atomic E-state index is 11.2. The fraction of sp³-hybridized carbons (Fsp3) is 0.333. The highest BCUT2D eigenvalue weighted by molar-refractivity contribution is 9.09. The molecule has 1 N–H and O–H groups in total. The van der Waals surface area contributed by atoms with Gasteiger partial charge in [-0.2, -0.15) is 0 Å². The molecule has 1 amide bonds. The van der Waals surface area contributed by atoms with Gasteiger partial charge in [0.2, 0.25) is 0 Å². The topological polar surface area (TPSA) is 33.0 Å². The van der Waals surface area contributed by atoms with Gasteiger partial charge < -0.3 is 5.32 Å². The smallest absolute Gasteiger partial charge is 0.257 e. The highest BCUT2D eigenvalue weighted by Gasteiger charge is 2.07. The third-order valence-corrected chi connectivity index (χ3v) is 2.04. The van der Waals surface area contributed by atoms with Crippen LogP contribution in [0.25, 0.3) is 0 Å². The SMILES string of the molecule is CNC(=O)c1ccc[n+](CCBr)c1. The van der Waals surface area contributed by atoms with Crippen LogP contribution in [0.5, 0.6) is 0 Å². The summed E-state index contributed by atoms with van der Waals surface area (Å²) in [5.41, 5.74) is 0.686. The number of nitrogens with zero attached hydrogens (tertiary/aromatic N) is 1. The molecule has 70 valence electrons. The van der Waals surface area contributed by atoms with E-state index >= 15 is 0 Å². The summed E-state index contributed by atoms with van der Waals surface area (Å²) < 4.78 is 1.97. The lowest BCUT2D eigenvalue weighted by molar-refractivity contribution is -0.692. The van der Waals surface area contributed by atoms with Gasteiger partial charge in [0.05, 0.1) is 5.33 Å². The molecule has 0 aliphatic heterocycles. The molecule has 4 heteroatoms. The lowest BCUT2D eigenvalue weighted by Crippen LogP contribution is -2.35. The first-order valence-corrected chi connectivity index (χ1v) is 5.17. The third-order valence-electron chi connectivity index (χ3n) is 1.69. The summed E-state index contributed by atoms with van der Waals surface area (Å²) in [4.78, 5) is 11.2. The number of alkyl halides is 1. The van der Waals surface area contributed by atoms with Crippen molar-refractivity contribution in [2.75, 3.05) is 12.4 Å². The number of halogens is 1. The predicted octanol–water partition coefficient (Wildman–Crippen LogP) is 0.729. The first kappa shape index (κ1) is 10.2. The minimum Gasteiger partial charge on any atom is -0.355 e. The summed E-state index contributed by atoms with van der Waals surface area (Å²) >= 11 is 3.34. The number of aromatic nitrogens is 1. The van der Waals surface area contributed by atoms with E-state index in [1.54, 1.807) is 13.1 Å². The van der Waals surface area contributed by atoms with Crippen LogP contribution in [0.3, 0.4) is 0 Å². The second-order valence-corrected chi connectivity index (χ2v) is 3.39. The van der Waals surface area contributed by atoms with Crippen molar-refractivity contribution < 1.29 is 9.36 Å². The van der Waals surface area contributed by atoms with Crippen LogP contribution in [0.1, 0.15) is 10.4 Å². The molecule has 0 spiro atoms. The molecule has 0 aliphatic carbocycles. The van der Waals surface area contributed by atoms with Gasteiger partial charge in [0.15, 0.2) is 18.9 Å². The molecule has 0 fully saturated rings. The summed E-state index contributed by atoms with van der Waals surface area (Å²) in [6.45, 7) is 0.866. The van der Waals surface area contributed by atoms with E-state index < -0.39 is 0 Å². The van der Waals surface area contributed by atoms with Gasteiger partial charge >= 0.3 is 0 Å². The minimum absolute atomic E-state index is 0.0519. The summed E-state index contributed by atoms with van der Waals surface area (Å²) in [6, 6.07) is 3.66. The normalized spacial score (nSPS) is 9.69. The van der Waals surface area contributed by atoms with Crippen LogP contribution in [0.4, 0.5) is 0 Å². The lowest BCUT2D eigenvalue weighted by Gasteiger charge is -1.97. The van der Waals surface area contributed by atoms with Gasteiger partial charge in [-0.05, 0) is 6.07 Å². The van der Waals surface area contributed by atoms with Gasteiger partial charge in [-0.15, -0.1) is 0 Å². The number of carbonyl (C=O) groups excluding carboxylic acids is 1.